The van der Waals surface area contributed by atoms with Crippen LogP contribution >= 0.6 is 0 Å². The predicted octanol–water partition coefficient (Wildman–Crippen LogP) is 13.8. The molecule has 2 nitrogen and oxygen atoms in total. The first-order valence-corrected chi connectivity index (χ1v) is 22.4. The average Bonchev–Trinajstić information content (AvgIpc) is 3.48. The van der Waals surface area contributed by atoms with Gasteiger partial charge < -0.3 is 9.80 Å². The summed E-state index contributed by atoms with van der Waals surface area (Å²) in [5, 5.41) is 0. The van der Waals surface area contributed by atoms with Gasteiger partial charge in [-0.15, -0.1) is 0 Å². The van der Waals surface area contributed by atoms with E-state index < -0.39 is 0 Å². The van der Waals surface area contributed by atoms with Gasteiger partial charge in [0, 0.05) is 34.0 Å². The number of anilines is 6. The van der Waals surface area contributed by atoms with Crippen molar-refractivity contribution in [2.45, 2.75) is 131 Å². The van der Waals surface area contributed by atoms with Crippen molar-refractivity contribution in [2.75, 3.05) is 9.80 Å². The van der Waals surface area contributed by atoms with Crippen LogP contribution < -0.4 is 26.2 Å². The average molecular weight is 789 g/mol. The molecule has 0 amide bonds. The maximum Gasteiger partial charge on any atom is 0.252 e. The van der Waals surface area contributed by atoms with E-state index in [2.05, 4.69) is 222 Å². The van der Waals surface area contributed by atoms with E-state index in [0.717, 1.165) is 12.8 Å². The van der Waals surface area contributed by atoms with Gasteiger partial charge in [-0.2, -0.15) is 0 Å². The Morgan fingerprint density at radius 1 is 0.433 bits per heavy atom. The third-order valence-corrected chi connectivity index (χ3v) is 13.6. The van der Waals surface area contributed by atoms with Gasteiger partial charge >= 0.3 is 0 Å². The van der Waals surface area contributed by atoms with Crippen molar-refractivity contribution >= 4 is 57.2 Å². The number of hydrogen-bond acceptors (Lipinski definition) is 2. The van der Waals surface area contributed by atoms with Crippen LogP contribution in [0.4, 0.5) is 34.1 Å². The summed E-state index contributed by atoms with van der Waals surface area (Å²) in [4.78, 5) is 5.28. The molecule has 0 atom stereocenters. The van der Waals surface area contributed by atoms with Crippen molar-refractivity contribution in [3.05, 3.63) is 149 Å². The highest BCUT2D eigenvalue weighted by molar-refractivity contribution is 7.00. The third kappa shape index (κ3) is 6.81. The molecule has 0 unspecified atom stereocenters. The Bertz CT molecular complexity index is 2650. The van der Waals surface area contributed by atoms with E-state index in [4.69, 9.17) is 0 Å². The first-order valence-electron chi connectivity index (χ1n) is 22.4. The molecule has 1 aliphatic carbocycles. The summed E-state index contributed by atoms with van der Waals surface area (Å²) in [5.74, 6) is 0. The van der Waals surface area contributed by atoms with Crippen LogP contribution in [0.5, 0.6) is 0 Å². The highest BCUT2D eigenvalue weighted by Gasteiger charge is 2.46. The van der Waals surface area contributed by atoms with Gasteiger partial charge in [0.1, 0.15) is 0 Å². The van der Waals surface area contributed by atoms with E-state index in [-0.39, 0.29) is 33.8 Å². The zero-order chi connectivity index (χ0) is 42.9. The summed E-state index contributed by atoms with van der Waals surface area (Å²) in [7, 11) is 0. The van der Waals surface area contributed by atoms with Crippen LogP contribution in [0.25, 0.3) is 11.1 Å². The smallest absolute Gasteiger partial charge is 0.252 e. The summed E-state index contributed by atoms with van der Waals surface area (Å²) in [6.45, 7) is 33.1. The van der Waals surface area contributed by atoms with Gasteiger partial charge in [-0.3, -0.25) is 0 Å². The quantitative estimate of drug-likeness (QED) is 0.165. The molecular weight excluding hydrogens is 723 g/mol. The number of rotatable bonds is 3. The molecule has 60 heavy (non-hydrogen) atoms. The largest absolute Gasteiger partial charge is 0.311 e. The highest BCUT2D eigenvalue weighted by atomic mass is 15.2. The van der Waals surface area contributed by atoms with Crippen LogP contribution in [0, 0.1) is 5.41 Å². The van der Waals surface area contributed by atoms with Crippen molar-refractivity contribution in [1.29, 1.82) is 0 Å². The molecule has 0 bridgehead atoms. The van der Waals surface area contributed by atoms with Crippen LogP contribution in [0.3, 0.4) is 0 Å². The molecule has 0 radical (unpaired) electrons. The van der Waals surface area contributed by atoms with E-state index in [9.17, 15) is 0 Å². The molecule has 3 heteroatoms. The minimum atomic E-state index is -0.0918. The molecule has 0 saturated heterocycles. The van der Waals surface area contributed by atoms with Crippen molar-refractivity contribution in [3.8, 4) is 11.1 Å². The molecular formula is C57H65BN2. The van der Waals surface area contributed by atoms with Crippen molar-refractivity contribution in [3.63, 3.8) is 0 Å². The third-order valence-electron chi connectivity index (χ3n) is 13.6. The normalized spacial score (nSPS) is 15.7. The monoisotopic (exact) mass is 789 g/mol. The van der Waals surface area contributed by atoms with E-state index in [1.807, 2.05) is 0 Å². The Balaban J connectivity index is 1.43. The number of fused-ring (bicyclic) bond motifs is 5. The zero-order valence-electron chi connectivity index (χ0n) is 38.9. The van der Waals surface area contributed by atoms with Crippen molar-refractivity contribution in [1.82, 2.24) is 0 Å². The molecule has 9 rings (SSSR count). The molecule has 2 aliphatic heterocycles. The van der Waals surface area contributed by atoms with E-state index in [0.29, 0.717) is 0 Å². The van der Waals surface area contributed by atoms with E-state index in [1.54, 1.807) is 0 Å². The lowest BCUT2D eigenvalue weighted by molar-refractivity contribution is 0.392. The van der Waals surface area contributed by atoms with Crippen molar-refractivity contribution < 1.29 is 0 Å². The second-order valence-electron chi connectivity index (χ2n) is 23.1. The molecule has 0 aromatic heterocycles. The number of hydrogen-bond donors (Lipinski definition) is 0. The second kappa shape index (κ2) is 13.5. The molecule has 0 N–H and O–H groups in total. The Kier molecular flexibility index (Phi) is 9.08. The molecule has 0 spiro atoms. The molecule has 6 aromatic rings. The zero-order valence-corrected chi connectivity index (χ0v) is 38.9. The van der Waals surface area contributed by atoms with Gasteiger partial charge in [0.15, 0.2) is 0 Å². The summed E-state index contributed by atoms with van der Waals surface area (Å²) in [6.07, 6.45) is 2.19. The van der Waals surface area contributed by atoms with E-state index in [1.165, 1.54) is 95.0 Å². The molecule has 6 aromatic carbocycles. The Morgan fingerprint density at radius 3 is 1.52 bits per heavy atom. The SMILES string of the molecule is CC1(C)Cc2cc3c(cc2C1)N(c1ccc(C(C)(C)C)cc1-c1ccccc1)c1cc(C(C)(C)C)cc2c1B3c1cc(C(C)(C)C)ccc1N2c1ccc(C(C)(C)C)cc1. The van der Waals surface area contributed by atoms with Crippen LogP contribution in [0.15, 0.2) is 115 Å². The summed E-state index contributed by atoms with van der Waals surface area (Å²) in [6, 6.07) is 45.5. The lowest BCUT2D eigenvalue weighted by Crippen LogP contribution is -2.61. The van der Waals surface area contributed by atoms with E-state index >= 15 is 0 Å². The molecule has 3 aliphatic rings. The fraction of sp³-hybridized carbons (Fsp3) is 0.368. The maximum absolute atomic E-state index is 2.68. The minimum absolute atomic E-state index is 0.00169. The summed E-state index contributed by atoms with van der Waals surface area (Å²) >= 11 is 0. The first-order chi connectivity index (χ1) is 28.0. The molecule has 2 heterocycles. The van der Waals surface area contributed by atoms with Gasteiger partial charge in [0.05, 0.1) is 5.69 Å². The summed E-state index contributed by atoms with van der Waals surface area (Å²) < 4.78 is 0. The first kappa shape index (κ1) is 40.4. The Hall–Kier alpha value is -5.02. The molecule has 0 fully saturated rings. The number of benzene rings is 6. The van der Waals surface area contributed by atoms with Crippen LogP contribution in [-0.4, -0.2) is 6.71 Å². The number of nitrogens with zero attached hydrogens (tertiary/aromatic N) is 2. The van der Waals surface area contributed by atoms with Gasteiger partial charge in [-0.05, 0) is 144 Å². The van der Waals surface area contributed by atoms with Crippen LogP contribution in [0.1, 0.15) is 130 Å². The van der Waals surface area contributed by atoms with Crippen LogP contribution in [0.2, 0.25) is 0 Å². The standard InChI is InChI=1S/C57H65BN2/c1-53(2,3)39-20-24-43(25-21-39)59-48-27-23-41(55(7,8)9)31-46(48)58-45-28-37-34-57(13,14)35-38(37)29-49(45)60(51-33-42(56(10,11)12)32-50(59)52(51)58)47-26-22-40(54(4,5)6)30-44(47)36-18-16-15-17-19-36/h15-33H,34-35H2,1-14H3. The minimum Gasteiger partial charge on any atom is -0.311 e. The Morgan fingerprint density at radius 2 is 0.933 bits per heavy atom. The van der Waals surface area contributed by atoms with Crippen LogP contribution in [-0.2, 0) is 34.5 Å². The van der Waals surface area contributed by atoms with Gasteiger partial charge in [0.2, 0.25) is 0 Å². The molecule has 0 saturated carbocycles. The maximum atomic E-state index is 2.68. The lowest BCUT2D eigenvalue weighted by Gasteiger charge is -2.46. The topological polar surface area (TPSA) is 6.48 Å². The fourth-order valence-corrected chi connectivity index (χ4v) is 10.2. The fourth-order valence-electron chi connectivity index (χ4n) is 10.2. The molecule has 306 valence electrons. The van der Waals surface area contributed by atoms with Crippen molar-refractivity contribution in [2.24, 2.45) is 5.41 Å². The highest BCUT2D eigenvalue weighted by Crippen LogP contribution is 2.50. The Labute approximate surface area is 362 Å². The van der Waals surface area contributed by atoms with Gasteiger partial charge in [0.25, 0.3) is 6.71 Å². The predicted molar refractivity (Wildman–Crippen MR) is 262 cm³/mol. The van der Waals surface area contributed by atoms with Gasteiger partial charge in [-0.1, -0.05) is 164 Å². The lowest BCUT2D eigenvalue weighted by atomic mass is 9.33. The second-order valence-corrected chi connectivity index (χ2v) is 23.1. The van der Waals surface area contributed by atoms with Gasteiger partial charge in [-0.25, -0.2) is 0 Å². The summed E-state index contributed by atoms with van der Waals surface area (Å²) in [5.41, 5.74) is 22.9.